The third-order valence-corrected chi connectivity index (χ3v) is 7.54. The highest BCUT2D eigenvalue weighted by atomic mass is 32.2. The molecule has 0 radical (unpaired) electrons. The Bertz CT molecular complexity index is 939. The van der Waals surface area contributed by atoms with Crippen molar-refractivity contribution >= 4 is 33.2 Å². The molecule has 1 aromatic carbocycles. The highest BCUT2D eigenvalue weighted by molar-refractivity contribution is 7.91. The van der Waals surface area contributed by atoms with Gasteiger partial charge < -0.3 is 10.4 Å². The maximum Gasteiger partial charge on any atom is 0.326 e. The minimum absolute atomic E-state index is 0.101. The first-order valence-corrected chi connectivity index (χ1v) is 11.6. The molecule has 1 aromatic heterocycles. The van der Waals surface area contributed by atoms with Crippen LogP contribution in [0.1, 0.15) is 31.2 Å². The van der Waals surface area contributed by atoms with Crippen molar-refractivity contribution in [1.29, 1.82) is 0 Å². The average molecular weight is 439 g/mol. The Morgan fingerprint density at radius 3 is 2.28 bits per heavy atom. The summed E-state index contributed by atoms with van der Waals surface area (Å²) in [6, 6.07) is 9.92. The van der Waals surface area contributed by atoms with Crippen molar-refractivity contribution in [3.8, 4) is 0 Å². The lowest BCUT2D eigenvalue weighted by Gasteiger charge is -2.23. The van der Waals surface area contributed by atoms with Crippen molar-refractivity contribution in [3.05, 3.63) is 52.9 Å². The van der Waals surface area contributed by atoms with Gasteiger partial charge >= 0.3 is 5.97 Å². The van der Waals surface area contributed by atoms with Crippen LogP contribution in [0, 0.1) is 5.92 Å². The van der Waals surface area contributed by atoms with Gasteiger partial charge in [0, 0.05) is 11.3 Å². The van der Waals surface area contributed by atoms with E-state index in [4.69, 9.17) is 0 Å². The van der Waals surface area contributed by atoms with Crippen molar-refractivity contribution < 1.29 is 23.1 Å². The van der Waals surface area contributed by atoms with Crippen LogP contribution in [0.3, 0.4) is 0 Å². The lowest BCUT2D eigenvalue weighted by Crippen LogP contribution is -2.54. The van der Waals surface area contributed by atoms with Gasteiger partial charge in [0.15, 0.2) is 0 Å². The van der Waals surface area contributed by atoms with Crippen LogP contribution in [0.25, 0.3) is 0 Å². The summed E-state index contributed by atoms with van der Waals surface area (Å²) in [5.41, 5.74) is 0.757. The molecule has 1 heterocycles. The molecule has 2 atom stereocenters. The average Bonchev–Trinajstić information content (AvgIpc) is 3.16. The number of carboxylic acids is 1. The Balaban J connectivity index is 2.16. The zero-order valence-corrected chi connectivity index (χ0v) is 18.2. The van der Waals surface area contributed by atoms with Crippen molar-refractivity contribution in [2.45, 2.75) is 49.9 Å². The van der Waals surface area contributed by atoms with E-state index >= 15 is 0 Å². The highest BCUT2D eigenvalue weighted by Crippen LogP contribution is 2.22. The van der Waals surface area contributed by atoms with Gasteiger partial charge in [-0.2, -0.15) is 4.72 Å². The van der Waals surface area contributed by atoms with Gasteiger partial charge in [0.25, 0.3) is 10.0 Å². The summed E-state index contributed by atoms with van der Waals surface area (Å²) in [4.78, 5) is 25.3. The van der Waals surface area contributed by atoms with Crippen LogP contribution in [-0.4, -0.2) is 37.5 Å². The van der Waals surface area contributed by atoms with E-state index in [2.05, 4.69) is 10.0 Å². The largest absolute Gasteiger partial charge is 0.480 e. The quantitative estimate of drug-likeness (QED) is 0.527. The second-order valence-electron chi connectivity index (χ2n) is 7.01. The first kappa shape index (κ1) is 23.1. The third-order valence-electron chi connectivity index (χ3n) is 4.38. The zero-order chi connectivity index (χ0) is 21.6. The SMILES string of the molecule is CCc1ccc(S(=O)(=O)NC(C(=O)NC(Cc2ccccc2)C(=O)O)C(C)C)s1. The molecule has 3 N–H and O–H groups in total. The fourth-order valence-corrected chi connectivity index (χ4v) is 5.38. The summed E-state index contributed by atoms with van der Waals surface area (Å²) < 4.78 is 28.0. The Kier molecular flexibility index (Phi) is 7.95. The van der Waals surface area contributed by atoms with Gasteiger partial charge in [0.05, 0.1) is 0 Å². The Labute approximate surface area is 175 Å². The number of thiophene rings is 1. The monoisotopic (exact) mass is 438 g/mol. The van der Waals surface area contributed by atoms with E-state index in [0.29, 0.717) is 6.42 Å². The summed E-state index contributed by atoms with van der Waals surface area (Å²) in [5.74, 6) is -2.22. The molecule has 2 rings (SSSR count). The molecule has 0 fully saturated rings. The molecule has 158 valence electrons. The van der Waals surface area contributed by atoms with Crippen molar-refractivity contribution in [2.24, 2.45) is 5.92 Å². The maximum atomic E-state index is 12.8. The molecule has 0 aliphatic rings. The summed E-state index contributed by atoms with van der Waals surface area (Å²) in [5, 5.41) is 12.0. The first-order chi connectivity index (χ1) is 13.6. The van der Waals surface area contributed by atoms with Crippen molar-refractivity contribution in [1.82, 2.24) is 10.0 Å². The topological polar surface area (TPSA) is 113 Å². The van der Waals surface area contributed by atoms with E-state index < -0.39 is 34.0 Å². The molecule has 0 saturated heterocycles. The standard InChI is InChI=1S/C20H26N2O5S2/c1-4-15-10-11-17(28-15)29(26,27)22-18(13(2)3)19(23)21-16(20(24)25)12-14-8-6-5-7-9-14/h5-11,13,16,18,22H,4,12H2,1-3H3,(H,21,23)(H,24,25). The van der Waals surface area contributed by atoms with Crippen molar-refractivity contribution in [3.63, 3.8) is 0 Å². The number of aliphatic carboxylic acids is 1. The predicted molar refractivity (Wildman–Crippen MR) is 112 cm³/mol. The number of amides is 1. The van der Waals surface area contributed by atoms with Crippen LogP contribution >= 0.6 is 11.3 Å². The maximum absolute atomic E-state index is 12.8. The molecule has 0 aliphatic carbocycles. The molecule has 0 saturated carbocycles. The Morgan fingerprint density at radius 1 is 1.10 bits per heavy atom. The predicted octanol–water partition coefficient (Wildman–Crippen LogP) is 2.43. The van der Waals surface area contributed by atoms with Crippen LogP contribution in [0.5, 0.6) is 0 Å². The van der Waals surface area contributed by atoms with Gasteiger partial charge in [0.1, 0.15) is 16.3 Å². The smallest absolute Gasteiger partial charge is 0.326 e. The lowest BCUT2D eigenvalue weighted by molar-refractivity contribution is -0.142. The van der Waals surface area contributed by atoms with E-state index in [1.54, 1.807) is 44.2 Å². The van der Waals surface area contributed by atoms with Gasteiger partial charge in [0.2, 0.25) is 5.91 Å². The number of nitrogens with one attached hydrogen (secondary N) is 2. The van der Waals surface area contributed by atoms with Crippen LogP contribution in [0.2, 0.25) is 0 Å². The summed E-state index contributed by atoms with van der Waals surface area (Å²) in [6.07, 6.45) is 0.818. The number of carboxylic acid groups (broad SMARTS) is 1. The molecule has 1 amide bonds. The minimum Gasteiger partial charge on any atom is -0.480 e. The molecule has 2 aromatic rings. The van der Waals surface area contributed by atoms with E-state index in [1.165, 1.54) is 6.07 Å². The number of hydrogen-bond acceptors (Lipinski definition) is 5. The van der Waals surface area contributed by atoms with Gasteiger partial charge in [-0.25, -0.2) is 13.2 Å². The lowest BCUT2D eigenvalue weighted by atomic mass is 10.0. The fraction of sp³-hybridized carbons (Fsp3) is 0.400. The summed E-state index contributed by atoms with van der Waals surface area (Å²) >= 11 is 1.15. The van der Waals surface area contributed by atoms with Crippen LogP contribution in [0.15, 0.2) is 46.7 Å². The number of carbonyl (C=O) groups excluding carboxylic acids is 1. The number of rotatable bonds is 10. The first-order valence-electron chi connectivity index (χ1n) is 9.32. The van der Waals surface area contributed by atoms with Gasteiger partial charge in [-0.15, -0.1) is 11.3 Å². The molecular formula is C20H26N2O5S2. The molecule has 9 heteroatoms. The zero-order valence-electron chi connectivity index (χ0n) is 16.6. The van der Waals surface area contributed by atoms with Crippen LogP contribution in [-0.2, 0) is 32.5 Å². The molecule has 0 aliphatic heterocycles. The van der Waals surface area contributed by atoms with Crippen molar-refractivity contribution in [2.75, 3.05) is 0 Å². The molecular weight excluding hydrogens is 412 g/mol. The Hall–Kier alpha value is -2.23. The van der Waals surface area contributed by atoms with E-state index in [1.807, 2.05) is 13.0 Å². The number of hydrogen-bond donors (Lipinski definition) is 3. The van der Waals surface area contributed by atoms with Gasteiger partial charge in [-0.3, -0.25) is 4.79 Å². The van der Waals surface area contributed by atoms with E-state index in [-0.39, 0.29) is 16.5 Å². The molecule has 0 spiro atoms. The van der Waals surface area contributed by atoms with E-state index in [9.17, 15) is 23.1 Å². The number of benzene rings is 1. The second kappa shape index (κ2) is 10.00. The molecule has 7 nitrogen and oxygen atoms in total. The number of sulfonamides is 1. The molecule has 29 heavy (non-hydrogen) atoms. The van der Waals surface area contributed by atoms with Crippen LogP contribution in [0.4, 0.5) is 0 Å². The normalized spacial score (nSPS) is 13.8. The fourth-order valence-electron chi connectivity index (χ4n) is 2.72. The van der Waals surface area contributed by atoms with E-state index in [0.717, 1.165) is 21.8 Å². The number of aryl methyl sites for hydroxylation is 1. The van der Waals surface area contributed by atoms with Gasteiger partial charge in [-0.05, 0) is 30.0 Å². The summed E-state index contributed by atoms with van der Waals surface area (Å²) in [7, 11) is -3.89. The highest BCUT2D eigenvalue weighted by Gasteiger charge is 2.32. The Morgan fingerprint density at radius 2 is 1.76 bits per heavy atom. The minimum atomic E-state index is -3.89. The summed E-state index contributed by atoms with van der Waals surface area (Å²) in [6.45, 7) is 5.33. The second-order valence-corrected chi connectivity index (χ2v) is 10.1. The third kappa shape index (κ3) is 6.38. The van der Waals surface area contributed by atoms with Gasteiger partial charge in [-0.1, -0.05) is 51.1 Å². The molecule has 0 bridgehead atoms. The number of carbonyl (C=O) groups is 2. The van der Waals surface area contributed by atoms with Crippen LogP contribution < -0.4 is 10.0 Å². The molecule has 2 unspecified atom stereocenters.